The summed E-state index contributed by atoms with van der Waals surface area (Å²) in [6.07, 6.45) is 1.74. The van der Waals surface area contributed by atoms with Crippen LogP contribution in [0.5, 0.6) is 0 Å². The maximum absolute atomic E-state index is 11.4. The third kappa shape index (κ3) is 2.67. The SMILES string of the molecule is CCC1CC1NC(=O)C(CN)OC. The first-order valence-corrected chi connectivity index (χ1v) is 4.76. The van der Waals surface area contributed by atoms with Crippen molar-refractivity contribution in [2.24, 2.45) is 11.7 Å². The van der Waals surface area contributed by atoms with Gasteiger partial charge >= 0.3 is 0 Å². The lowest BCUT2D eigenvalue weighted by Gasteiger charge is -2.12. The number of nitrogens with one attached hydrogen (secondary N) is 1. The van der Waals surface area contributed by atoms with Crippen LogP contribution in [-0.2, 0) is 9.53 Å². The van der Waals surface area contributed by atoms with Crippen molar-refractivity contribution in [1.29, 1.82) is 0 Å². The van der Waals surface area contributed by atoms with Gasteiger partial charge in [-0.05, 0) is 12.3 Å². The monoisotopic (exact) mass is 186 g/mol. The molecule has 0 spiro atoms. The highest BCUT2D eigenvalue weighted by Crippen LogP contribution is 2.33. The molecule has 3 N–H and O–H groups in total. The molecule has 0 radical (unpaired) electrons. The van der Waals surface area contributed by atoms with Gasteiger partial charge in [-0.15, -0.1) is 0 Å². The molecule has 0 aliphatic heterocycles. The van der Waals surface area contributed by atoms with Crippen LogP contribution >= 0.6 is 0 Å². The maximum Gasteiger partial charge on any atom is 0.250 e. The van der Waals surface area contributed by atoms with E-state index in [0.717, 1.165) is 12.8 Å². The number of rotatable bonds is 5. The topological polar surface area (TPSA) is 64.4 Å². The third-order valence-electron chi connectivity index (χ3n) is 2.57. The van der Waals surface area contributed by atoms with Crippen LogP contribution in [0.2, 0.25) is 0 Å². The zero-order chi connectivity index (χ0) is 9.84. The molecule has 1 rings (SSSR count). The van der Waals surface area contributed by atoms with E-state index in [1.54, 1.807) is 0 Å². The van der Waals surface area contributed by atoms with Gasteiger partial charge in [0, 0.05) is 19.7 Å². The summed E-state index contributed by atoms with van der Waals surface area (Å²) in [7, 11) is 1.50. The molecule has 1 aliphatic carbocycles. The second-order valence-electron chi connectivity index (χ2n) is 3.48. The Hall–Kier alpha value is -0.610. The van der Waals surface area contributed by atoms with E-state index in [4.69, 9.17) is 10.5 Å². The molecule has 1 amide bonds. The zero-order valence-corrected chi connectivity index (χ0v) is 8.25. The Bertz CT molecular complexity index is 180. The highest BCUT2D eigenvalue weighted by atomic mass is 16.5. The lowest BCUT2D eigenvalue weighted by Crippen LogP contribution is -2.41. The summed E-state index contributed by atoms with van der Waals surface area (Å²) in [5.41, 5.74) is 5.36. The van der Waals surface area contributed by atoms with Gasteiger partial charge in [-0.1, -0.05) is 13.3 Å². The summed E-state index contributed by atoms with van der Waals surface area (Å²) in [6, 6.07) is 0.363. The van der Waals surface area contributed by atoms with Gasteiger partial charge in [0.05, 0.1) is 0 Å². The number of hydrogen-bond acceptors (Lipinski definition) is 3. The second kappa shape index (κ2) is 4.58. The summed E-state index contributed by atoms with van der Waals surface area (Å²) in [5, 5.41) is 2.91. The zero-order valence-electron chi connectivity index (χ0n) is 8.25. The van der Waals surface area contributed by atoms with Crippen LogP contribution in [0, 0.1) is 5.92 Å². The Morgan fingerprint density at radius 2 is 2.46 bits per heavy atom. The molecular weight excluding hydrogens is 168 g/mol. The molecule has 1 saturated carbocycles. The van der Waals surface area contributed by atoms with Crippen LogP contribution in [0.15, 0.2) is 0 Å². The molecule has 1 aliphatic rings. The number of methoxy groups -OCH3 is 1. The lowest BCUT2D eigenvalue weighted by molar-refractivity contribution is -0.130. The van der Waals surface area contributed by atoms with E-state index in [9.17, 15) is 4.79 Å². The predicted molar refractivity (Wildman–Crippen MR) is 50.2 cm³/mol. The Labute approximate surface area is 78.8 Å². The van der Waals surface area contributed by atoms with Gasteiger partial charge < -0.3 is 15.8 Å². The summed E-state index contributed by atoms with van der Waals surface area (Å²) in [4.78, 5) is 11.4. The first kappa shape index (κ1) is 10.5. The molecule has 0 heterocycles. The average molecular weight is 186 g/mol. The molecule has 76 valence electrons. The van der Waals surface area contributed by atoms with Crippen molar-refractivity contribution in [3.05, 3.63) is 0 Å². The molecular formula is C9H18N2O2. The van der Waals surface area contributed by atoms with E-state index >= 15 is 0 Å². The first-order valence-electron chi connectivity index (χ1n) is 4.76. The van der Waals surface area contributed by atoms with Gasteiger partial charge in [0.25, 0.3) is 5.91 Å². The van der Waals surface area contributed by atoms with Crippen LogP contribution in [-0.4, -0.2) is 31.7 Å². The standard InChI is InChI=1S/C9H18N2O2/c1-3-6-4-7(6)11-9(12)8(5-10)13-2/h6-8H,3-5,10H2,1-2H3,(H,11,12). The van der Waals surface area contributed by atoms with Crippen LogP contribution < -0.4 is 11.1 Å². The highest BCUT2D eigenvalue weighted by molar-refractivity contribution is 5.81. The number of hydrogen-bond donors (Lipinski definition) is 2. The molecule has 0 bridgehead atoms. The van der Waals surface area contributed by atoms with Crippen molar-refractivity contribution in [2.75, 3.05) is 13.7 Å². The molecule has 0 aromatic carbocycles. The fraction of sp³-hybridized carbons (Fsp3) is 0.889. The quantitative estimate of drug-likeness (QED) is 0.629. The predicted octanol–water partition coefficient (Wildman–Crippen LogP) is -0.125. The molecule has 3 unspecified atom stereocenters. The Morgan fingerprint density at radius 3 is 2.85 bits per heavy atom. The van der Waals surface area contributed by atoms with Crippen molar-refractivity contribution in [1.82, 2.24) is 5.32 Å². The van der Waals surface area contributed by atoms with Gasteiger partial charge in [-0.2, -0.15) is 0 Å². The second-order valence-corrected chi connectivity index (χ2v) is 3.48. The van der Waals surface area contributed by atoms with Crippen molar-refractivity contribution in [3.63, 3.8) is 0 Å². The van der Waals surface area contributed by atoms with E-state index in [2.05, 4.69) is 12.2 Å². The Balaban J connectivity index is 2.25. The molecule has 0 aromatic heterocycles. The van der Waals surface area contributed by atoms with Gasteiger partial charge in [-0.3, -0.25) is 4.79 Å². The van der Waals surface area contributed by atoms with E-state index in [1.165, 1.54) is 7.11 Å². The third-order valence-corrected chi connectivity index (χ3v) is 2.57. The van der Waals surface area contributed by atoms with Crippen molar-refractivity contribution in [3.8, 4) is 0 Å². The lowest BCUT2D eigenvalue weighted by atomic mass is 10.3. The largest absolute Gasteiger partial charge is 0.370 e. The molecule has 0 aromatic rings. The summed E-state index contributed by atoms with van der Waals surface area (Å²) < 4.78 is 4.92. The minimum atomic E-state index is -0.488. The van der Waals surface area contributed by atoms with Crippen LogP contribution in [0.25, 0.3) is 0 Å². The number of ether oxygens (including phenoxy) is 1. The van der Waals surface area contributed by atoms with Crippen molar-refractivity contribution >= 4 is 5.91 Å². The molecule has 0 saturated heterocycles. The first-order chi connectivity index (χ1) is 6.22. The van der Waals surface area contributed by atoms with Crippen LogP contribution in [0.1, 0.15) is 19.8 Å². The van der Waals surface area contributed by atoms with E-state index < -0.39 is 6.10 Å². The van der Waals surface area contributed by atoms with Gasteiger partial charge in [-0.25, -0.2) is 0 Å². The molecule has 4 heteroatoms. The van der Waals surface area contributed by atoms with Crippen molar-refractivity contribution < 1.29 is 9.53 Å². The van der Waals surface area contributed by atoms with Crippen LogP contribution in [0.3, 0.4) is 0 Å². The number of carbonyl (C=O) groups excluding carboxylic acids is 1. The summed E-state index contributed by atoms with van der Waals surface area (Å²) >= 11 is 0. The average Bonchev–Trinajstić information content (AvgIpc) is 2.85. The van der Waals surface area contributed by atoms with E-state index in [-0.39, 0.29) is 12.5 Å². The normalized spacial score (nSPS) is 28.2. The van der Waals surface area contributed by atoms with Gasteiger partial charge in [0.1, 0.15) is 6.10 Å². The van der Waals surface area contributed by atoms with Crippen molar-refractivity contribution in [2.45, 2.75) is 31.9 Å². The number of nitrogens with two attached hydrogens (primary N) is 1. The summed E-state index contributed by atoms with van der Waals surface area (Å²) in [5.74, 6) is 0.588. The fourth-order valence-electron chi connectivity index (χ4n) is 1.46. The van der Waals surface area contributed by atoms with E-state index in [1.807, 2.05) is 0 Å². The Kier molecular flexibility index (Phi) is 3.69. The fourth-order valence-corrected chi connectivity index (χ4v) is 1.46. The van der Waals surface area contributed by atoms with Gasteiger partial charge in [0.15, 0.2) is 0 Å². The smallest absolute Gasteiger partial charge is 0.250 e. The number of carbonyl (C=O) groups is 1. The summed E-state index contributed by atoms with van der Waals surface area (Å²) in [6.45, 7) is 2.37. The van der Waals surface area contributed by atoms with E-state index in [0.29, 0.717) is 12.0 Å². The molecule has 4 nitrogen and oxygen atoms in total. The Morgan fingerprint density at radius 1 is 1.77 bits per heavy atom. The minimum Gasteiger partial charge on any atom is -0.370 e. The maximum atomic E-state index is 11.4. The molecule has 13 heavy (non-hydrogen) atoms. The van der Waals surface area contributed by atoms with Gasteiger partial charge in [0.2, 0.25) is 0 Å². The highest BCUT2D eigenvalue weighted by Gasteiger charge is 2.37. The molecule has 3 atom stereocenters. The minimum absolute atomic E-state index is 0.0778. The van der Waals surface area contributed by atoms with Crippen LogP contribution in [0.4, 0.5) is 0 Å². The molecule has 1 fully saturated rings. The number of amides is 1.